The van der Waals surface area contributed by atoms with Crippen LogP contribution in [0.25, 0.3) is 67.5 Å². The molecule has 3 heteroatoms. The third-order valence-electron chi connectivity index (χ3n) is 7.32. The highest BCUT2D eigenvalue weighted by Gasteiger charge is 2.14. The van der Waals surface area contributed by atoms with E-state index in [0.717, 1.165) is 50.1 Å². The number of rotatable bonds is 6. The van der Waals surface area contributed by atoms with Crippen molar-refractivity contribution in [2.45, 2.75) is 0 Å². The molecular weight excluding hydrogens is 510 g/mol. The highest BCUT2D eigenvalue weighted by atomic mass is 15.0. The van der Waals surface area contributed by atoms with Gasteiger partial charge < -0.3 is 0 Å². The summed E-state index contributed by atoms with van der Waals surface area (Å²) in [4.78, 5) is 15.1. The molecular formula is C39H27N3. The van der Waals surface area contributed by atoms with Crippen molar-refractivity contribution in [2.24, 2.45) is 0 Å². The molecule has 0 aliphatic heterocycles. The second kappa shape index (κ2) is 11.4. The molecule has 0 spiro atoms. The van der Waals surface area contributed by atoms with E-state index in [9.17, 15) is 0 Å². The number of nitrogens with zero attached hydrogens (tertiary/aromatic N) is 3. The minimum absolute atomic E-state index is 0.642. The average molecular weight is 538 g/mol. The van der Waals surface area contributed by atoms with Crippen LogP contribution in [0.2, 0.25) is 0 Å². The summed E-state index contributed by atoms with van der Waals surface area (Å²) in [5, 5.41) is 0. The quantitative estimate of drug-likeness (QED) is 0.212. The van der Waals surface area contributed by atoms with Crippen LogP contribution in [-0.2, 0) is 0 Å². The highest BCUT2D eigenvalue weighted by molar-refractivity contribution is 5.76. The molecule has 6 aromatic carbocycles. The summed E-state index contributed by atoms with van der Waals surface area (Å²) in [6, 6.07) is 56.3. The summed E-state index contributed by atoms with van der Waals surface area (Å²) >= 11 is 0. The first-order valence-corrected chi connectivity index (χ1v) is 14.0. The van der Waals surface area contributed by atoms with Crippen molar-refractivity contribution in [2.75, 3.05) is 0 Å². The summed E-state index contributed by atoms with van der Waals surface area (Å²) in [6.45, 7) is 0. The van der Waals surface area contributed by atoms with Gasteiger partial charge in [0, 0.05) is 16.7 Å². The van der Waals surface area contributed by atoms with Crippen LogP contribution < -0.4 is 0 Å². The molecule has 0 N–H and O–H groups in total. The standard InChI is InChI=1S/C39H27N3/c1-4-13-28(14-5-1)31-19-10-22-34(25-31)37-40-38(35-23-11-20-32(26-35)29-15-6-2-7-16-29)42-39(41-37)36-24-12-21-33(27-36)30-17-8-3-9-18-30/h1-27H. The fourth-order valence-corrected chi connectivity index (χ4v) is 5.17. The number of hydrogen-bond acceptors (Lipinski definition) is 3. The molecule has 0 unspecified atom stereocenters. The first-order chi connectivity index (χ1) is 20.8. The lowest BCUT2D eigenvalue weighted by Crippen LogP contribution is -2.00. The fourth-order valence-electron chi connectivity index (χ4n) is 5.17. The summed E-state index contributed by atoms with van der Waals surface area (Å²) in [6.07, 6.45) is 0. The van der Waals surface area contributed by atoms with Gasteiger partial charge in [-0.25, -0.2) is 15.0 Å². The SMILES string of the molecule is c1ccc(-c2cccc(-c3nc(-c4cccc(-c5ccccc5)c4)nc(-c4cccc(-c5ccccc5)c4)n3)c2)cc1. The molecule has 1 heterocycles. The van der Waals surface area contributed by atoms with Crippen molar-refractivity contribution >= 4 is 0 Å². The Balaban J connectivity index is 1.38. The van der Waals surface area contributed by atoms with Crippen molar-refractivity contribution in [1.82, 2.24) is 15.0 Å². The minimum Gasteiger partial charge on any atom is -0.208 e. The Morgan fingerprint density at radius 2 is 0.452 bits per heavy atom. The minimum atomic E-state index is 0.642. The Kier molecular flexibility index (Phi) is 6.89. The topological polar surface area (TPSA) is 38.7 Å². The normalized spacial score (nSPS) is 10.9. The van der Waals surface area contributed by atoms with Gasteiger partial charge in [-0.2, -0.15) is 0 Å². The van der Waals surface area contributed by atoms with Crippen LogP contribution in [0, 0.1) is 0 Å². The van der Waals surface area contributed by atoms with E-state index >= 15 is 0 Å². The molecule has 0 amide bonds. The molecule has 7 rings (SSSR count). The Morgan fingerprint density at radius 3 is 0.738 bits per heavy atom. The predicted octanol–water partition coefficient (Wildman–Crippen LogP) is 9.87. The third-order valence-corrected chi connectivity index (χ3v) is 7.32. The van der Waals surface area contributed by atoms with E-state index in [-0.39, 0.29) is 0 Å². The molecule has 0 aliphatic rings. The van der Waals surface area contributed by atoms with Crippen molar-refractivity contribution in [3.05, 3.63) is 164 Å². The maximum absolute atomic E-state index is 5.03. The molecule has 0 saturated carbocycles. The Hall–Kier alpha value is -5.67. The van der Waals surface area contributed by atoms with Crippen LogP contribution in [0.5, 0.6) is 0 Å². The summed E-state index contributed by atoms with van der Waals surface area (Å²) in [7, 11) is 0. The van der Waals surface area contributed by atoms with Gasteiger partial charge in [0.25, 0.3) is 0 Å². The molecule has 0 aliphatic carbocycles. The molecule has 0 atom stereocenters. The molecule has 0 saturated heterocycles. The van der Waals surface area contributed by atoms with Gasteiger partial charge in [0.05, 0.1) is 0 Å². The van der Waals surface area contributed by atoms with Crippen LogP contribution in [0.1, 0.15) is 0 Å². The first-order valence-electron chi connectivity index (χ1n) is 14.0. The van der Waals surface area contributed by atoms with E-state index in [0.29, 0.717) is 17.5 Å². The second-order valence-corrected chi connectivity index (χ2v) is 10.1. The van der Waals surface area contributed by atoms with E-state index in [1.165, 1.54) is 0 Å². The lowest BCUT2D eigenvalue weighted by atomic mass is 10.0. The van der Waals surface area contributed by atoms with Gasteiger partial charge >= 0.3 is 0 Å². The zero-order chi connectivity index (χ0) is 28.1. The third kappa shape index (κ3) is 5.36. The maximum Gasteiger partial charge on any atom is 0.164 e. The summed E-state index contributed by atoms with van der Waals surface area (Å²) in [5.74, 6) is 1.93. The Bertz CT molecular complexity index is 1720. The number of hydrogen-bond donors (Lipinski definition) is 0. The van der Waals surface area contributed by atoms with Crippen molar-refractivity contribution < 1.29 is 0 Å². The number of benzene rings is 6. The molecule has 3 nitrogen and oxygen atoms in total. The van der Waals surface area contributed by atoms with Crippen molar-refractivity contribution in [3.63, 3.8) is 0 Å². The van der Waals surface area contributed by atoms with E-state index in [2.05, 4.69) is 146 Å². The Morgan fingerprint density at radius 1 is 0.214 bits per heavy atom. The summed E-state index contributed by atoms with van der Waals surface area (Å²) in [5.41, 5.74) is 9.65. The van der Waals surface area contributed by atoms with E-state index in [4.69, 9.17) is 15.0 Å². The number of aromatic nitrogens is 3. The van der Waals surface area contributed by atoms with Gasteiger partial charge in [-0.05, 0) is 51.6 Å². The second-order valence-electron chi connectivity index (χ2n) is 10.1. The van der Waals surface area contributed by atoms with E-state index < -0.39 is 0 Å². The van der Waals surface area contributed by atoms with Crippen LogP contribution in [0.4, 0.5) is 0 Å². The molecule has 0 radical (unpaired) electrons. The lowest BCUT2D eigenvalue weighted by molar-refractivity contribution is 1.07. The fraction of sp³-hybridized carbons (Fsp3) is 0. The Labute approximate surface area is 245 Å². The van der Waals surface area contributed by atoms with E-state index in [1.54, 1.807) is 0 Å². The average Bonchev–Trinajstić information content (AvgIpc) is 3.09. The summed E-state index contributed by atoms with van der Waals surface area (Å²) < 4.78 is 0. The molecule has 7 aromatic rings. The van der Waals surface area contributed by atoms with Crippen molar-refractivity contribution in [3.8, 4) is 67.5 Å². The zero-order valence-corrected chi connectivity index (χ0v) is 22.9. The van der Waals surface area contributed by atoms with Crippen molar-refractivity contribution in [1.29, 1.82) is 0 Å². The first kappa shape index (κ1) is 25.3. The predicted molar refractivity (Wildman–Crippen MR) is 172 cm³/mol. The monoisotopic (exact) mass is 537 g/mol. The molecule has 0 bridgehead atoms. The van der Waals surface area contributed by atoms with Gasteiger partial charge in [0.1, 0.15) is 0 Å². The smallest absolute Gasteiger partial charge is 0.164 e. The lowest BCUT2D eigenvalue weighted by Gasteiger charge is -2.11. The van der Waals surface area contributed by atoms with Crippen LogP contribution >= 0.6 is 0 Å². The zero-order valence-electron chi connectivity index (χ0n) is 22.9. The molecule has 1 aromatic heterocycles. The molecule has 198 valence electrons. The van der Waals surface area contributed by atoms with Gasteiger partial charge in [0.15, 0.2) is 17.5 Å². The largest absolute Gasteiger partial charge is 0.208 e. The van der Waals surface area contributed by atoms with Gasteiger partial charge in [0.2, 0.25) is 0 Å². The van der Waals surface area contributed by atoms with Crippen LogP contribution in [-0.4, -0.2) is 15.0 Å². The van der Waals surface area contributed by atoms with E-state index in [1.807, 2.05) is 18.2 Å². The molecule has 0 fully saturated rings. The van der Waals surface area contributed by atoms with Crippen LogP contribution in [0.15, 0.2) is 164 Å². The van der Waals surface area contributed by atoms with Gasteiger partial charge in [-0.15, -0.1) is 0 Å². The van der Waals surface area contributed by atoms with Crippen LogP contribution in [0.3, 0.4) is 0 Å². The van der Waals surface area contributed by atoms with Gasteiger partial charge in [-0.3, -0.25) is 0 Å². The van der Waals surface area contributed by atoms with Gasteiger partial charge in [-0.1, -0.05) is 146 Å². The highest BCUT2D eigenvalue weighted by Crippen LogP contribution is 2.31. The molecule has 42 heavy (non-hydrogen) atoms. The maximum atomic E-state index is 5.03.